The Morgan fingerprint density at radius 1 is 1.47 bits per heavy atom. The molecule has 1 atom stereocenters. The molecule has 90 valence electrons. The van der Waals surface area contributed by atoms with Crippen LogP contribution in [0.2, 0.25) is 5.15 Å². The van der Waals surface area contributed by atoms with Gasteiger partial charge in [0.15, 0.2) is 0 Å². The summed E-state index contributed by atoms with van der Waals surface area (Å²) >= 11 is 9.18. The van der Waals surface area contributed by atoms with Crippen LogP contribution in [0.1, 0.15) is 18.5 Å². The minimum absolute atomic E-state index is 0.165. The molecule has 2 heterocycles. The Labute approximate surface area is 113 Å². The van der Waals surface area contributed by atoms with Gasteiger partial charge in [-0.1, -0.05) is 11.6 Å². The van der Waals surface area contributed by atoms with Crippen molar-refractivity contribution in [3.63, 3.8) is 0 Å². The van der Waals surface area contributed by atoms with E-state index in [1.165, 1.54) is 0 Å². The van der Waals surface area contributed by atoms with E-state index in [-0.39, 0.29) is 6.04 Å². The topological polar surface area (TPSA) is 42.7 Å². The summed E-state index contributed by atoms with van der Waals surface area (Å²) in [5, 5.41) is 7.94. The molecule has 0 fully saturated rings. The second-order valence-corrected chi connectivity index (χ2v) is 5.02. The fraction of sp³-hybridized carbons (Fsp3) is 0.273. The number of hydrogen-bond donors (Lipinski definition) is 1. The first-order chi connectivity index (χ1) is 8.06. The van der Waals surface area contributed by atoms with Crippen molar-refractivity contribution in [1.82, 2.24) is 14.8 Å². The highest BCUT2D eigenvalue weighted by Crippen LogP contribution is 2.25. The highest BCUT2D eigenvalue weighted by atomic mass is 79.9. The summed E-state index contributed by atoms with van der Waals surface area (Å²) in [6.07, 6.45) is 5.53. The SMILES string of the molecule is CC(Nc1cnc(Cl)c(Br)c1)c1cnn(C)c1. The second-order valence-electron chi connectivity index (χ2n) is 3.81. The van der Waals surface area contributed by atoms with Crippen LogP contribution < -0.4 is 5.32 Å². The van der Waals surface area contributed by atoms with E-state index in [0.29, 0.717) is 5.15 Å². The molecule has 0 aliphatic heterocycles. The van der Waals surface area contributed by atoms with Crippen molar-refractivity contribution >= 4 is 33.2 Å². The van der Waals surface area contributed by atoms with Gasteiger partial charge in [0.1, 0.15) is 5.15 Å². The molecular formula is C11H12BrClN4. The number of aromatic nitrogens is 3. The van der Waals surface area contributed by atoms with Crippen molar-refractivity contribution in [1.29, 1.82) is 0 Å². The molecule has 0 radical (unpaired) electrons. The van der Waals surface area contributed by atoms with Crippen molar-refractivity contribution in [3.8, 4) is 0 Å². The first-order valence-corrected chi connectivity index (χ1v) is 6.29. The maximum Gasteiger partial charge on any atom is 0.143 e. The molecule has 2 rings (SSSR count). The third kappa shape index (κ3) is 2.98. The average Bonchev–Trinajstić information content (AvgIpc) is 2.70. The Bertz CT molecular complexity index is 526. The van der Waals surface area contributed by atoms with Gasteiger partial charge in [0.25, 0.3) is 0 Å². The van der Waals surface area contributed by atoms with E-state index in [2.05, 4.69) is 38.3 Å². The Hall–Kier alpha value is -1.07. The molecule has 0 aliphatic carbocycles. The van der Waals surface area contributed by atoms with Crippen LogP contribution in [0.15, 0.2) is 29.1 Å². The molecule has 2 aromatic rings. The molecule has 0 saturated heterocycles. The van der Waals surface area contributed by atoms with Gasteiger partial charge in [-0.25, -0.2) is 4.98 Å². The molecule has 0 amide bonds. The van der Waals surface area contributed by atoms with Crippen molar-refractivity contribution in [2.75, 3.05) is 5.32 Å². The zero-order valence-corrected chi connectivity index (χ0v) is 11.8. The van der Waals surface area contributed by atoms with Gasteiger partial charge in [-0.3, -0.25) is 4.68 Å². The lowest BCUT2D eigenvalue weighted by Gasteiger charge is -2.13. The lowest BCUT2D eigenvalue weighted by molar-refractivity contribution is 0.765. The zero-order valence-electron chi connectivity index (χ0n) is 9.48. The van der Waals surface area contributed by atoms with Gasteiger partial charge >= 0.3 is 0 Å². The molecule has 6 heteroatoms. The Morgan fingerprint density at radius 2 is 2.24 bits per heavy atom. The van der Waals surface area contributed by atoms with Gasteiger partial charge < -0.3 is 5.32 Å². The van der Waals surface area contributed by atoms with E-state index in [1.54, 1.807) is 10.9 Å². The van der Waals surface area contributed by atoms with Gasteiger partial charge in [0, 0.05) is 18.8 Å². The van der Waals surface area contributed by atoms with E-state index < -0.39 is 0 Å². The van der Waals surface area contributed by atoms with E-state index in [1.807, 2.05) is 25.5 Å². The van der Waals surface area contributed by atoms with Crippen LogP contribution in [0, 0.1) is 0 Å². The number of nitrogens with zero attached hydrogens (tertiary/aromatic N) is 3. The van der Waals surface area contributed by atoms with Crippen LogP contribution in [-0.2, 0) is 7.05 Å². The Balaban J connectivity index is 2.12. The summed E-state index contributed by atoms with van der Waals surface area (Å²) in [5.74, 6) is 0. The van der Waals surface area contributed by atoms with Gasteiger partial charge in [-0.05, 0) is 28.9 Å². The molecule has 0 bridgehead atoms. The number of halogens is 2. The van der Waals surface area contributed by atoms with Gasteiger partial charge in [0.05, 0.1) is 28.6 Å². The van der Waals surface area contributed by atoms with Crippen LogP contribution in [0.3, 0.4) is 0 Å². The lowest BCUT2D eigenvalue weighted by Crippen LogP contribution is -2.06. The average molecular weight is 316 g/mol. The quantitative estimate of drug-likeness (QED) is 0.883. The number of hydrogen-bond acceptors (Lipinski definition) is 3. The van der Waals surface area contributed by atoms with Crippen LogP contribution in [-0.4, -0.2) is 14.8 Å². The molecule has 4 nitrogen and oxygen atoms in total. The smallest absolute Gasteiger partial charge is 0.143 e. The van der Waals surface area contributed by atoms with Gasteiger partial charge in [-0.2, -0.15) is 5.10 Å². The van der Waals surface area contributed by atoms with E-state index in [4.69, 9.17) is 11.6 Å². The van der Waals surface area contributed by atoms with Crippen LogP contribution in [0.4, 0.5) is 5.69 Å². The second kappa shape index (κ2) is 5.06. The molecular weight excluding hydrogens is 304 g/mol. The standard InChI is InChI=1S/C11H12BrClN4/c1-7(8-4-15-17(2)6-8)16-9-3-10(12)11(13)14-5-9/h3-7,16H,1-2H3. The molecule has 1 N–H and O–H groups in total. The first-order valence-electron chi connectivity index (χ1n) is 5.12. The summed E-state index contributed by atoms with van der Waals surface area (Å²) in [7, 11) is 1.90. The molecule has 0 aliphatic rings. The van der Waals surface area contributed by atoms with Crippen LogP contribution >= 0.6 is 27.5 Å². The van der Waals surface area contributed by atoms with Gasteiger partial charge in [-0.15, -0.1) is 0 Å². The molecule has 0 saturated carbocycles. The van der Waals surface area contributed by atoms with E-state index in [0.717, 1.165) is 15.7 Å². The summed E-state index contributed by atoms with van der Waals surface area (Å²) in [5.41, 5.74) is 2.04. The largest absolute Gasteiger partial charge is 0.377 e. The molecule has 0 aromatic carbocycles. The van der Waals surface area contributed by atoms with E-state index >= 15 is 0 Å². The maximum absolute atomic E-state index is 5.84. The normalized spacial score (nSPS) is 12.5. The predicted molar refractivity (Wildman–Crippen MR) is 72.2 cm³/mol. The van der Waals surface area contributed by atoms with Crippen molar-refractivity contribution in [2.24, 2.45) is 7.05 Å². The predicted octanol–water partition coefficient (Wildman–Crippen LogP) is 3.40. The highest BCUT2D eigenvalue weighted by Gasteiger charge is 2.08. The summed E-state index contributed by atoms with van der Waals surface area (Å²) in [6, 6.07) is 2.07. The number of nitrogens with one attached hydrogen (secondary N) is 1. The maximum atomic E-state index is 5.84. The molecule has 2 aromatic heterocycles. The lowest BCUT2D eigenvalue weighted by atomic mass is 10.2. The third-order valence-corrected chi connectivity index (χ3v) is 3.54. The zero-order chi connectivity index (χ0) is 12.4. The fourth-order valence-corrected chi connectivity index (χ4v) is 1.95. The minimum atomic E-state index is 0.165. The highest BCUT2D eigenvalue weighted by molar-refractivity contribution is 9.10. The van der Waals surface area contributed by atoms with Crippen molar-refractivity contribution in [2.45, 2.75) is 13.0 Å². The summed E-state index contributed by atoms with van der Waals surface area (Å²) in [6.45, 7) is 2.07. The fourth-order valence-electron chi connectivity index (χ4n) is 1.50. The van der Waals surface area contributed by atoms with Gasteiger partial charge in [0.2, 0.25) is 0 Å². The van der Waals surface area contributed by atoms with E-state index in [9.17, 15) is 0 Å². The number of aryl methyl sites for hydroxylation is 1. The minimum Gasteiger partial charge on any atom is -0.377 e. The van der Waals surface area contributed by atoms with Crippen LogP contribution in [0.25, 0.3) is 0 Å². The third-order valence-electron chi connectivity index (χ3n) is 2.40. The van der Waals surface area contributed by atoms with Crippen molar-refractivity contribution < 1.29 is 0 Å². The number of pyridine rings is 1. The number of anilines is 1. The summed E-state index contributed by atoms with van der Waals surface area (Å²) < 4.78 is 2.56. The monoisotopic (exact) mass is 314 g/mol. The number of rotatable bonds is 3. The Kier molecular flexibility index (Phi) is 3.69. The molecule has 1 unspecified atom stereocenters. The molecule has 17 heavy (non-hydrogen) atoms. The molecule has 0 spiro atoms. The first kappa shape index (κ1) is 12.4. The summed E-state index contributed by atoms with van der Waals surface area (Å²) in [4.78, 5) is 4.07. The van der Waals surface area contributed by atoms with Crippen molar-refractivity contribution in [3.05, 3.63) is 39.8 Å². The van der Waals surface area contributed by atoms with Crippen LogP contribution in [0.5, 0.6) is 0 Å². The Morgan fingerprint density at radius 3 is 2.82 bits per heavy atom.